The molecule has 0 fully saturated rings. The van der Waals surface area contributed by atoms with E-state index < -0.39 is 5.97 Å². The summed E-state index contributed by atoms with van der Waals surface area (Å²) in [7, 11) is 1.31. The molecule has 0 radical (unpaired) electrons. The van der Waals surface area contributed by atoms with Crippen LogP contribution in [0.5, 0.6) is 0 Å². The Bertz CT molecular complexity index is 795. The maximum Gasteiger partial charge on any atom is 0.358 e. The van der Waals surface area contributed by atoms with E-state index in [4.69, 9.17) is 4.74 Å². The number of halogens is 1. The van der Waals surface area contributed by atoms with E-state index in [2.05, 4.69) is 5.10 Å². The van der Waals surface area contributed by atoms with Crippen LogP contribution in [0.2, 0.25) is 0 Å². The Labute approximate surface area is 126 Å². The molecule has 1 heterocycles. The van der Waals surface area contributed by atoms with Crippen LogP contribution < -0.4 is 0 Å². The predicted octanol–water partition coefficient (Wildman–Crippen LogP) is 3.47. The van der Waals surface area contributed by atoms with Crippen LogP contribution in [-0.2, 0) is 4.74 Å². The molecule has 0 unspecified atom stereocenters. The lowest BCUT2D eigenvalue weighted by molar-refractivity contribution is 0.0593. The van der Waals surface area contributed by atoms with Crippen molar-refractivity contribution in [3.8, 4) is 16.9 Å². The molecule has 0 aliphatic rings. The third-order valence-electron chi connectivity index (χ3n) is 3.24. The van der Waals surface area contributed by atoms with Crippen molar-refractivity contribution in [2.45, 2.75) is 0 Å². The number of carbonyl (C=O) groups is 1. The van der Waals surface area contributed by atoms with Crippen molar-refractivity contribution in [1.29, 1.82) is 0 Å². The number of esters is 1. The second kappa shape index (κ2) is 5.81. The van der Waals surface area contributed by atoms with Crippen molar-refractivity contribution in [2.75, 3.05) is 7.11 Å². The first-order valence-electron chi connectivity index (χ1n) is 6.69. The zero-order chi connectivity index (χ0) is 15.5. The molecule has 0 saturated carbocycles. The number of carbonyl (C=O) groups excluding carboxylic acids is 1. The van der Waals surface area contributed by atoms with Gasteiger partial charge in [0.15, 0.2) is 5.69 Å². The fourth-order valence-corrected chi connectivity index (χ4v) is 2.18. The first-order chi connectivity index (χ1) is 10.7. The maximum absolute atomic E-state index is 13.1. The van der Waals surface area contributed by atoms with Crippen molar-refractivity contribution in [3.05, 3.63) is 72.2 Å². The first kappa shape index (κ1) is 14.0. The highest BCUT2D eigenvalue weighted by atomic mass is 19.1. The van der Waals surface area contributed by atoms with Crippen molar-refractivity contribution in [2.24, 2.45) is 0 Å². The largest absolute Gasteiger partial charge is 0.464 e. The summed E-state index contributed by atoms with van der Waals surface area (Å²) in [5.74, 6) is -0.833. The van der Waals surface area contributed by atoms with Crippen LogP contribution in [0.25, 0.3) is 16.9 Å². The summed E-state index contributed by atoms with van der Waals surface area (Å²) in [4.78, 5) is 11.7. The molecular formula is C17H13FN2O2. The number of benzene rings is 2. The third kappa shape index (κ3) is 2.61. The Balaban J connectivity index is 2.17. The quantitative estimate of drug-likeness (QED) is 0.695. The van der Waals surface area contributed by atoms with Gasteiger partial charge in [-0.3, -0.25) is 0 Å². The molecule has 0 saturated heterocycles. The smallest absolute Gasteiger partial charge is 0.358 e. The minimum Gasteiger partial charge on any atom is -0.464 e. The highest BCUT2D eigenvalue weighted by Gasteiger charge is 2.16. The average molecular weight is 296 g/mol. The van der Waals surface area contributed by atoms with Crippen LogP contribution in [-0.4, -0.2) is 22.9 Å². The normalized spacial score (nSPS) is 10.5. The summed E-state index contributed by atoms with van der Waals surface area (Å²) < 4.78 is 19.5. The van der Waals surface area contributed by atoms with E-state index in [1.165, 1.54) is 19.2 Å². The van der Waals surface area contributed by atoms with Crippen LogP contribution in [0.15, 0.2) is 60.7 Å². The van der Waals surface area contributed by atoms with Gasteiger partial charge < -0.3 is 4.74 Å². The van der Waals surface area contributed by atoms with Gasteiger partial charge in [0.05, 0.1) is 18.5 Å². The van der Waals surface area contributed by atoms with Crippen molar-refractivity contribution >= 4 is 5.97 Å². The van der Waals surface area contributed by atoms with Gasteiger partial charge in [0.1, 0.15) is 5.82 Å². The summed E-state index contributed by atoms with van der Waals surface area (Å²) in [6, 6.07) is 17.1. The fourth-order valence-electron chi connectivity index (χ4n) is 2.18. The minimum absolute atomic E-state index is 0.200. The molecule has 0 bridgehead atoms. The number of rotatable bonds is 3. The number of ether oxygens (including phenoxy) is 1. The lowest BCUT2D eigenvalue weighted by Gasteiger charge is -2.07. The van der Waals surface area contributed by atoms with E-state index in [-0.39, 0.29) is 11.5 Å². The van der Waals surface area contributed by atoms with Gasteiger partial charge >= 0.3 is 5.97 Å². The van der Waals surface area contributed by atoms with Gasteiger partial charge in [-0.05, 0) is 42.5 Å². The molecule has 0 aliphatic heterocycles. The van der Waals surface area contributed by atoms with Crippen molar-refractivity contribution < 1.29 is 13.9 Å². The molecule has 110 valence electrons. The summed E-state index contributed by atoms with van der Waals surface area (Å²) in [6.45, 7) is 0. The molecule has 3 aromatic rings. The molecular weight excluding hydrogens is 283 g/mol. The third-order valence-corrected chi connectivity index (χ3v) is 3.24. The summed E-state index contributed by atoms with van der Waals surface area (Å²) >= 11 is 0. The van der Waals surface area contributed by atoms with E-state index in [9.17, 15) is 9.18 Å². The summed E-state index contributed by atoms with van der Waals surface area (Å²) in [5.41, 5.74) is 2.45. The van der Waals surface area contributed by atoms with E-state index in [1.54, 1.807) is 22.9 Å². The molecule has 2 aromatic carbocycles. The molecule has 0 spiro atoms. The van der Waals surface area contributed by atoms with Gasteiger partial charge in [0.2, 0.25) is 0 Å². The lowest BCUT2D eigenvalue weighted by atomic mass is 10.1. The number of hydrogen-bond acceptors (Lipinski definition) is 3. The van der Waals surface area contributed by atoms with Crippen LogP contribution >= 0.6 is 0 Å². The molecule has 22 heavy (non-hydrogen) atoms. The van der Waals surface area contributed by atoms with Crippen LogP contribution in [0.1, 0.15) is 10.5 Å². The van der Waals surface area contributed by atoms with E-state index in [0.717, 1.165) is 11.3 Å². The maximum atomic E-state index is 13.1. The first-order valence-corrected chi connectivity index (χ1v) is 6.69. The van der Waals surface area contributed by atoms with Crippen molar-refractivity contribution in [1.82, 2.24) is 9.78 Å². The molecule has 3 rings (SSSR count). The highest BCUT2D eigenvalue weighted by molar-refractivity contribution is 5.88. The molecule has 5 heteroatoms. The van der Waals surface area contributed by atoms with Crippen LogP contribution in [0.4, 0.5) is 4.39 Å². The van der Waals surface area contributed by atoms with Gasteiger partial charge in [-0.25, -0.2) is 13.9 Å². The zero-order valence-corrected chi connectivity index (χ0v) is 11.9. The predicted molar refractivity (Wildman–Crippen MR) is 80.3 cm³/mol. The molecule has 0 aliphatic carbocycles. The zero-order valence-electron chi connectivity index (χ0n) is 11.9. The summed E-state index contributed by atoms with van der Waals surface area (Å²) in [5, 5.41) is 4.30. The number of methoxy groups -OCH3 is 1. The molecule has 0 atom stereocenters. The van der Waals surface area contributed by atoms with Gasteiger partial charge in [-0.2, -0.15) is 5.10 Å². The SMILES string of the molecule is COC(=O)c1cc(-c2ccc(F)cc2)n(-c2ccccc2)n1. The Morgan fingerprint density at radius 1 is 1.09 bits per heavy atom. The second-order valence-electron chi connectivity index (χ2n) is 4.66. The minimum atomic E-state index is -0.516. The Morgan fingerprint density at radius 3 is 2.41 bits per heavy atom. The Kier molecular flexibility index (Phi) is 3.70. The van der Waals surface area contributed by atoms with Crippen LogP contribution in [0.3, 0.4) is 0 Å². The molecule has 0 amide bonds. The second-order valence-corrected chi connectivity index (χ2v) is 4.66. The average Bonchev–Trinajstić information content (AvgIpc) is 3.01. The molecule has 0 N–H and O–H groups in total. The van der Waals surface area contributed by atoms with E-state index >= 15 is 0 Å². The van der Waals surface area contributed by atoms with E-state index in [0.29, 0.717) is 5.69 Å². The van der Waals surface area contributed by atoms with Gasteiger partial charge in [-0.15, -0.1) is 0 Å². The monoisotopic (exact) mass is 296 g/mol. The standard InChI is InChI=1S/C17H13FN2O2/c1-22-17(21)15-11-16(12-7-9-13(18)10-8-12)20(19-15)14-5-3-2-4-6-14/h2-11H,1H3. The topological polar surface area (TPSA) is 44.1 Å². The lowest BCUT2D eigenvalue weighted by Crippen LogP contribution is -2.04. The van der Waals surface area contributed by atoms with Gasteiger partial charge in [0.25, 0.3) is 0 Å². The highest BCUT2D eigenvalue weighted by Crippen LogP contribution is 2.24. The van der Waals surface area contributed by atoms with Crippen LogP contribution in [0, 0.1) is 5.82 Å². The number of aromatic nitrogens is 2. The number of para-hydroxylation sites is 1. The molecule has 1 aromatic heterocycles. The summed E-state index contributed by atoms with van der Waals surface area (Å²) in [6.07, 6.45) is 0. The fraction of sp³-hybridized carbons (Fsp3) is 0.0588. The molecule has 4 nitrogen and oxygen atoms in total. The number of hydrogen-bond donors (Lipinski definition) is 0. The Hall–Kier alpha value is -2.95. The Morgan fingerprint density at radius 2 is 1.77 bits per heavy atom. The van der Waals surface area contributed by atoms with Crippen molar-refractivity contribution in [3.63, 3.8) is 0 Å². The van der Waals surface area contributed by atoms with E-state index in [1.807, 2.05) is 30.3 Å². The van der Waals surface area contributed by atoms with Gasteiger partial charge in [-0.1, -0.05) is 18.2 Å². The van der Waals surface area contributed by atoms with Gasteiger partial charge in [0, 0.05) is 5.56 Å². The number of nitrogens with zero attached hydrogens (tertiary/aromatic N) is 2.